The van der Waals surface area contributed by atoms with Gasteiger partial charge >= 0.3 is 0 Å². The predicted molar refractivity (Wildman–Crippen MR) is 84.0 cm³/mol. The molecule has 5 heteroatoms. The minimum Gasteiger partial charge on any atom is -0.378 e. The zero-order chi connectivity index (χ0) is 14.7. The fourth-order valence-electron chi connectivity index (χ4n) is 1.98. The molecular formula is C15H15BrN2O2. The first-order valence-corrected chi connectivity index (χ1v) is 7.03. The van der Waals surface area contributed by atoms with Crippen LogP contribution < -0.4 is 5.32 Å². The van der Waals surface area contributed by atoms with E-state index < -0.39 is 0 Å². The van der Waals surface area contributed by atoms with E-state index in [1.807, 2.05) is 37.3 Å². The summed E-state index contributed by atoms with van der Waals surface area (Å²) in [6.07, 6.45) is 0. The van der Waals surface area contributed by atoms with Gasteiger partial charge in [-0.3, -0.25) is 10.1 Å². The third kappa shape index (κ3) is 3.36. The van der Waals surface area contributed by atoms with E-state index >= 15 is 0 Å². The number of nitrogens with one attached hydrogen (secondary N) is 1. The van der Waals surface area contributed by atoms with E-state index in [0.29, 0.717) is 5.56 Å². The van der Waals surface area contributed by atoms with Crippen LogP contribution in [0.4, 0.5) is 11.4 Å². The number of hydrogen-bond acceptors (Lipinski definition) is 3. The lowest BCUT2D eigenvalue weighted by Gasteiger charge is -2.16. The Labute approximate surface area is 126 Å². The number of hydrogen-bond donors (Lipinski definition) is 1. The summed E-state index contributed by atoms with van der Waals surface area (Å²) in [5.74, 6) is 0. The average Bonchev–Trinajstić information content (AvgIpc) is 2.41. The second-order valence-electron chi connectivity index (χ2n) is 4.68. The zero-order valence-corrected chi connectivity index (χ0v) is 12.8. The molecule has 0 spiro atoms. The van der Waals surface area contributed by atoms with Gasteiger partial charge in [0.05, 0.1) is 4.92 Å². The molecule has 0 saturated heterocycles. The van der Waals surface area contributed by atoms with Gasteiger partial charge in [-0.15, -0.1) is 0 Å². The van der Waals surface area contributed by atoms with E-state index in [0.717, 1.165) is 15.7 Å². The maximum absolute atomic E-state index is 10.9. The Bertz CT molecular complexity index is 626. The van der Waals surface area contributed by atoms with Crippen LogP contribution >= 0.6 is 15.9 Å². The van der Waals surface area contributed by atoms with Crippen molar-refractivity contribution >= 4 is 27.3 Å². The lowest BCUT2D eigenvalue weighted by molar-refractivity contribution is -0.385. The summed E-state index contributed by atoms with van der Waals surface area (Å²) in [4.78, 5) is 10.6. The van der Waals surface area contributed by atoms with Crippen LogP contribution in [0, 0.1) is 17.0 Å². The molecule has 1 unspecified atom stereocenters. The van der Waals surface area contributed by atoms with Crippen molar-refractivity contribution in [3.8, 4) is 0 Å². The Balaban J connectivity index is 2.19. The van der Waals surface area contributed by atoms with Crippen LogP contribution in [-0.2, 0) is 0 Å². The number of benzene rings is 2. The van der Waals surface area contributed by atoms with Crippen LogP contribution in [0.15, 0.2) is 46.9 Å². The fraction of sp³-hybridized carbons (Fsp3) is 0.200. The summed E-state index contributed by atoms with van der Waals surface area (Å²) >= 11 is 3.40. The average molecular weight is 335 g/mol. The normalized spacial score (nSPS) is 11.9. The number of nitrogens with zero attached hydrogens (tertiary/aromatic N) is 1. The van der Waals surface area contributed by atoms with Crippen molar-refractivity contribution in [2.45, 2.75) is 19.9 Å². The Morgan fingerprint density at radius 1 is 1.20 bits per heavy atom. The summed E-state index contributed by atoms with van der Waals surface area (Å²) in [7, 11) is 0. The molecule has 0 saturated carbocycles. The van der Waals surface area contributed by atoms with Crippen molar-refractivity contribution in [3.63, 3.8) is 0 Å². The molecular weight excluding hydrogens is 320 g/mol. The zero-order valence-electron chi connectivity index (χ0n) is 11.3. The van der Waals surface area contributed by atoms with Crippen LogP contribution in [0.25, 0.3) is 0 Å². The van der Waals surface area contributed by atoms with Gasteiger partial charge in [-0.25, -0.2) is 0 Å². The summed E-state index contributed by atoms with van der Waals surface area (Å²) in [6, 6.07) is 13.3. The first kappa shape index (κ1) is 14.5. The standard InChI is InChI=1S/C15H15BrN2O2/c1-10-3-8-14(9-15(10)18(19)20)17-11(2)12-4-6-13(16)7-5-12/h3-9,11,17H,1-2H3. The number of nitro benzene ring substituents is 1. The van der Waals surface area contributed by atoms with E-state index in [-0.39, 0.29) is 16.7 Å². The van der Waals surface area contributed by atoms with Crippen LogP contribution in [0.2, 0.25) is 0 Å². The van der Waals surface area contributed by atoms with Crippen molar-refractivity contribution in [2.24, 2.45) is 0 Å². The molecule has 0 bridgehead atoms. The van der Waals surface area contributed by atoms with Gasteiger partial charge in [0.15, 0.2) is 0 Å². The molecule has 2 aromatic rings. The molecule has 0 fully saturated rings. The topological polar surface area (TPSA) is 55.2 Å². The van der Waals surface area contributed by atoms with Gasteiger partial charge in [-0.05, 0) is 37.6 Å². The summed E-state index contributed by atoms with van der Waals surface area (Å²) in [6.45, 7) is 3.76. The molecule has 0 aromatic heterocycles. The van der Waals surface area contributed by atoms with Crippen molar-refractivity contribution in [1.82, 2.24) is 0 Å². The monoisotopic (exact) mass is 334 g/mol. The molecule has 0 aliphatic rings. The van der Waals surface area contributed by atoms with Crippen molar-refractivity contribution in [1.29, 1.82) is 0 Å². The van der Waals surface area contributed by atoms with Crippen LogP contribution in [-0.4, -0.2) is 4.92 Å². The molecule has 20 heavy (non-hydrogen) atoms. The van der Waals surface area contributed by atoms with E-state index in [2.05, 4.69) is 21.2 Å². The molecule has 0 heterocycles. The van der Waals surface area contributed by atoms with Gasteiger partial charge in [0.25, 0.3) is 5.69 Å². The molecule has 0 aliphatic heterocycles. The number of nitro groups is 1. The highest BCUT2D eigenvalue weighted by Gasteiger charge is 2.12. The number of rotatable bonds is 4. The first-order valence-electron chi connectivity index (χ1n) is 6.24. The molecule has 104 valence electrons. The predicted octanol–water partition coefficient (Wildman–Crippen LogP) is 4.84. The van der Waals surface area contributed by atoms with Crippen LogP contribution in [0.3, 0.4) is 0 Å². The smallest absolute Gasteiger partial charge is 0.274 e. The minimum atomic E-state index is -0.356. The van der Waals surface area contributed by atoms with Crippen molar-refractivity contribution < 1.29 is 4.92 Å². The maximum Gasteiger partial charge on any atom is 0.274 e. The van der Waals surface area contributed by atoms with Crippen LogP contribution in [0.1, 0.15) is 24.1 Å². The van der Waals surface area contributed by atoms with E-state index in [4.69, 9.17) is 0 Å². The Morgan fingerprint density at radius 3 is 2.45 bits per heavy atom. The molecule has 0 aliphatic carbocycles. The van der Waals surface area contributed by atoms with Crippen molar-refractivity contribution in [3.05, 3.63) is 68.2 Å². The Kier molecular flexibility index (Phi) is 4.39. The molecule has 0 radical (unpaired) electrons. The lowest BCUT2D eigenvalue weighted by Crippen LogP contribution is -2.07. The van der Waals surface area contributed by atoms with Crippen LogP contribution in [0.5, 0.6) is 0 Å². The Morgan fingerprint density at radius 2 is 1.85 bits per heavy atom. The first-order chi connectivity index (χ1) is 9.47. The van der Waals surface area contributed by atoms with Gasteiger partial charge in [-0.2, -0.15) is 0 Å². The van der Waals surface area contributed by atoms with E-state index in [1.54, 1.807) is 19.1 Å². The maximum atomic E-state index is 10.9. The summed E-state index contributed by atoms with van der Waals surface area (Å²) < 4.78 is 1.03. The highest BCUT2D eigenvalue weighted by molar-refractivity contribution is 9.10. The van der Waals surface area contributed by atoms with Gasteiger partial charge in [-0.1, -0.05) is 34.1 Å². The molecule has 0 amide bonds. The Hall–Kier alpha value is -1.88. The second-order valence-corrected chi connectivity index (χ2v) is 5.59. The van der Waals surface area contributed by atoms with Gasteiger partial charge in [0.2, 0.25) is 0 Å². The van der Waals surface area contributed by atoms with Crippen molar-refractivity contribution in [2.75, 3.05) is 5.32 Å². The second kappa shape index (κ2) is 6.05. The third-order valence-corrected chi connectivity index (χ3v) is 3.69. The lowest BCUT2D eigenvalue weighted by atomic mass is 10.1. The molecule has 2 aromatic carbocycles. The SMILES string of the molecule is Cc1ccc(NC(C)c2ccc(Br)cc2)cc1[N+](=O)[O-]. The summed E-state index contributed by atoms with van der Waals surface area (Å²) in [5.41, 5.74) is 2.67. The van der Waals surface area contributed by atoms with E-state index in [1.165, 1.54) is 0 Å². The van der Waals surface area contributed by atoms with Gasteiger partial charge < -0.3 is 5.32 Å². The molecule has 4 nitrogen and oxygen atoms in total. The van der Waals surface area contributed by atoms with Gasteiger partial charge in [0, 0.05) is 27.8 Å². The fourth-order valence-corrected chi connectivity index (χ4v) is 2.24. The van der Waals surface area contributed by atoms with E-state index in [9.17, 15) is 10.1 Å². The molecule has 1 atom stereocenters. The number of aryl methyl sites for hydroxylation is 1. The third-order valence-electron chi connectivity index (χ3n) is 3.16. The van der Waals surface area contributed by atoms with Gasteiger partial charge in [0.1, 0.15) is 0 Å². The molecule has 1 N–H and O–H groups in total. The quantitative estimate of drug-likeness (QED) is 0.642. The molecule has 2 rings (SSSR count). The highest BCUT2D eigenvalue weighted by Crippen LogP contribution is 2.26. The summed E-state index contributed by atoms with van der Waals surface area (Å²) in [5, 5.41) is 14.2. The highest BCUT2D eigenvalue weighted by atomic mass is 79.9. The minimum absolute atomic E-state index is 0.0745. The largest absolute Gasteiger partial charge is 0.378 e. The number of halogens is 1. The number of anilines is 1.